The maximum Gasteiger partial charge on any atom is 0.433 e. The molecule has 10 heteroatoms. The lowest BCUT2D eigenvalue weighted by Gasteiger charge is -2.13. The number of ether oxygens (including phenoxy) is 1. The Bertz CT molecular complexity index is 1070. The summed E-state index contributed by atoms with van der Waals surface area (Å²) in [4.78, 5) is 14.5. The van der Waals surface area contributed by atoms with Crippen molar-refractivity contribution in [3.8, 4) is 5.75 Å². The lowest BCUT2D eigenvalue weighted by Crippen LogP contribution is -2.10. The highest BCUT2D eigenvalue weighted by Crippen LogP contribution is 2.43. The first kappa shape index (κ1) is 20.7. The first-order chi connectivity index (χ1) is 13.1. The first-order valence-corrected chi connectivity index (χ1v) is 9.48. The Hall–Kier alpha value is -2.03. The van der Waals surface area contributed by atoms with Gasteiger partial charge < -0.3 is 9.84 Å². The van der Waals surface area contributed by atoms with Gasteiger partial charge in [-0.25, -0.2) is 4.98 Å². The fourth-order valence-electron chi connectivity index (χ4n) is 2.63. The number of aromatic nitrogens is 1. The lowest BCUT2D eigenvalue weighted by molar-refractivity contribution is -0.141. The van der Waals surface area contributed by atoms with Gasteiger partial charge in [-0.3, -0.25) is 4.79 Å². The Morgan fingerprint density at radius 2 is 2.00 bits per heavy atom. The van der Waals surface area contributed by atoms with Gasteiger partial charge in [-0.05, 0) is 23.9 Å². The standard InChI is InChI=1S/C18H12Cl2F3NO3S/c1-8-9(2-3-13(24-8)18(21,22)23)6-27-12-5-11(19)15-10(4-14(25)26)7-28-17(15)16(12)20/h2-3,5,7H,4,6H2,1H3,(H,25,26). The number of hydrogen-bond donors (Lipinski definition) is 1. The Balaban J connectivity index is 1.87. The minimum atomic E-state index is -4.52. The van der Waals surface area contributed by atoms with E-state index in [1.54, 1.807) is 5.38 Å². The molecule has 0 aliphatic rings. The van der Waals surface area contributed by atoms with E-state index in [0.717, 1.165) is 6.07 Å². The molecule has 0 spiro atoms. The Labute approximate surface area is 171 Å². The average Bonchev–Trinajstić information content (AvgIpc) is 3.00. The lowest BCUT2D eigenvalue weighted by atomic mass is 10.1. The van der Waals surface area contributed by atoms with E-state index < -0.39 is 17.8 Å². The number of halogens is 5. The van der Waals surface area contributed by atoms with Crippen LogP contribution in [0.5, 0.6) is 5.75 Å². The second kappa shape index (κ2) is 7.77. The van der Waals surface area contributed by atoms with Crippen molar-refractivity contribution in [3.05, 3.63) is 56.1 Å². The van der Waals surface area contributed by atoms with Gasteiger partial charge in [0.05, 0.1) is 16.1 Å². The van der Waals surface area contributed by atoms with Crippen LogP contribution in [0.25, 0.3) is 10.1 Å². The van der Waals surface area contributed by atoms with Gasteiger partial charge in [0, 0.05) is 22.7 Å². The fraction of sp³-hybridized carbons (Fsp3) is 0.222. The fourth-order valence-corrected chi connectivity index (χ4v) is 4.37. The third-order valence-electron chi connectivity index (χ3n) is 3.99. The molecule has 3 rings (SSSR count). The topological polar surface area (TPSA) is 59.4 Å². The Morgan fingerprint density at radius 3 is 2.61 bits per heavy atom. The molecule has 1 aromatic carbocycles. The van der Waals surface area contributed by atoms with Crippen LogP contribution in [-0.4, -0.2) is 16.1 Å². The van der Waals surface area contributed by atoms with Crippen LogP contribution in [0.3, 0.4) is 0 Å². The van der Waals surface area contributed by atoms with E-state index in [1.165, 1.54) is 30.4 Å². The third-order valence-corrected chi connectivity index (χ3v) is 5.82. The number of thiophene rings is 1. The van der Waals surface area contributed by atoms with Gasteiger partial charge in [0.1, 0.15) is 23.1 Å². The number of nitrogens with zero attached hydrogens (tertiary/aromatic N) is 1. The summed E-state index contributed by atoms with van der Waals surface area (Å²) in [7, 11) is 0. The van der Waals surface area contributed by atoms with Crippen molar-refractivity contribution in [1.82, 2.24) is 4.98 Å². The average molecular weight is 450 g/mol. The summed E-state index contributed by atoms with van der Waals surface area (Å²) >= 11 is 13.9. The number of carboxylic acid groups (broad SMARTS) is 1. The molecule has 0 aliphatic carbocycles. The Morgan fingerprint density at radius 1 is 1.29 bits per heavy atom. The highest BCUT2D eigenvalue weighted by molar-refractivity contribution is 7.18. The van der Waals surface area contributed by atoms with E-state index in [2.05, 4.69) is 4.98 Å². The van der Waals surface area contributed by atoms with Crippen molar-refractivity contribution in [2.45, 2.75) is 26.1 Å². The van der Waals surface area contributed by atoms with E-state index in [-0.39, 0.29) is 34.5 Å². The number of carbonyl (C=O) groups is 1. The molecule has 0 unspecified atom stereocenters. The van der Waals surface area contributed by atoms with Crippen molar-refractivity contribution < 1.29 is 27.8 Å². The molecule has 3 aromatic rings. The molecule has 0 fully saturated rings. The summed E-state index contributed by atoms with van der Waals surface area (Å²) in [5.74, 6) is -0.736. The van der Waals surface area contributed by atoms with Gasteiger partial charge >= 0.3 is 12.1 Å². The molecule has 0 bridgehead atoms. The van der Waals surface area contributed by atoms with Crippen LogP contribution < -0.4 is 4.74 Å². The molecule has 2 aromatic heterocycles. The van der Waals surface area contributed by atoms with Crippen molar-refractivity contribution in [2.24, 2.45) is 0 Å². The van der Waals surface area contributed by atoms with Gasteiger partial charge in [-0.1, -0.05) is 29.3 Å². The number of alkyl halides is 3. The molecule has 4 nitrogen and oxygen atoms in total. The normalized spacial score (nSPS) is 11.8. The van der Waals surface area contributed by atoms with E-state index in [9.17, 15) is 18.0 Å². The number of carboxylic acids is 1. The van der Waals surface area contributed by atoms with Crippen molar-refractivity contribution in [2.75, 3.05) is 0 Å². The monoisotopic (exact) mass is 449 g/mol. The highest BCUT2D eigenvalue weighted by atomic mass is 35.5. The predicted octanol–water partition coefficient (Wildman–Crippen LogP) is 6.14. The van der Waals surface area contributed by atoms with Crippen LogP contribution in [0.4, 0.5) is 13.2 Å². The predicted molar refractivity (Wildman–Crippen MR) is 101 cm³/mol. The number of pyridine rings is 1. The zero-order valence-electron chi connectivity index (χ0n) is 14.2. The SMILES string of the molecule is Cc1nc(C(F)(F)F)ccc1COc1cc(Cl)c2c(CC(=O)O)csc2c1Cl. The van der Waals surface area contributed by atoms with Gasteiger partial charge in [-0.2, -0.15) is 13.2 Å². The largest absolute Gasteiger partial charge is 0.487 e. The molecular weight excluding hydrogens is 438 g/mol. The molecule has 0 saturated heterocycles. The van der Waals surface area contributed by atoms with Crippen LogP contribution in [0, 0.1) is 6.92 Å². The summed E-state index contributed by atoms with van der Waals surface area (Å²) in [5.41, 5.74) is 0.241. The molecule has 2 heterocycles. The van der Waals surface area contributed by atoms with E-state index >= 15 is 0 Å². The zero-order chi connectivity index (χ0) is 20.6. The van der Waals surface area contributed by atoms with Crippen molar-refractivity contribution in [1.29, 1.82) is 0 Å². The minimum Gasteiger partial charge on any atom is -0.487 e. The van der Waals surface area contributed by atoms with Gasteiger partial charge in [-0.15, -0.1) is 11.3 Å². The molecule has 28 heavy (non-hydrogen) atoms. The quantitative estimate of drug-likeness (QED) is 0.508. The summed E-state index contributed by atoms with van der Waals surface area (Å²) in [6, 6.07) is 3.66. The molecule has 0 radical (unpaired) electrons. The van der Waals surface area contributed by atoms with Crippen LogP contribution in [0.2, 0.25) is 10.0 Å². The highest BCUT2D eigenvalue weighted by Gasteiger charge is 2.32. The second-order valence-electron chi connectivity index (χ2n) is 5.93. The summed E-state index contributed by atoms with van der Waals surface area (Å²) < 4.78 is 44.4. The number of fused-ring (bicyclic) bond motifs is 1. The molecule has 0 amide bonds. The molecule has 0 atom stereocenters. The number of aryl methyl sites for hydroxylation is 1. The van der Waals surface area contributed by atoms with E-state index in [4.69, 9.17) is 33.0 Å². The molecule has 0 aliphatic heterocycles. The number of rotatable bonds is 5. The van der Waals surface area contributed by atoms with Crippen molar-refractivity contribution >= 4 is 50.6 Å². The Kier molecular flexibility index (Phi) is 5.74. The smallest absolute Gasteiger partial charge is 0.433 e. The van der Waals surface area contributed by atoms with Gasteiger partial charge in [0.2, 0.25) is 0 Å². The van der Waals surface area contributed by atoms with Crippen molar-refractivity contribution in [3.63, 3.8) is 0 Å². The van der Waals surface area contributed by atoms with Crippen LogP contribution in [0.15, 0.2) is 23.6 Å². The number of aliphatic carboxylic acids is 1. The minimum absolute atomic E-state index is 0.0497. The molecule has 0 saturated carbocycles. The molecular formula is C18H12Cl2F3NO3S. The summed E-state index contributed by atoms with van der Waals surface area (Å²) in [6.45, 7) is 1.41. The van der Waals surface area contributed by atoms with Crippen LogP contribution in [-0.2, 0) is 24.0 Å². The van der Waals surface area contributed by atoms with E-state index in [1.807, 2.05) is 0 Å². The number of benzene rings is 1. The maximum absolute atomic E-state index is 12.7. The summed E-state index contributed by atoms with van der Waals surface area (Å²) in [6.07, 6.45) is -4.70. The zero-order valence-corrected chi connectivity index (χ0v) is 16.6. The third kappa shape index (κ3) is 4.19. The van der Waals surface area contributed by atoms with Crippen LogP contribution in [0.1, 0.15) is 22.5 Å². The number of hydrogen-bond acceptors (Lipinski definition) is 4. The van der Waals surface area contributed by atoms with Crippen LogP contribution >= 0.6 is 34.5 Å². The summed E-state index contributed by atoms with van der Waals surface area (Å²) in [5, 5.41) is 11.8. The maximum atomic E-state index is 12.7. The second-order valence-corrected chi connectivity index (χ2v) is 7.60. The van der Waals surface area contributed by atoms with Gasteiger partial charge in [0.25, 0.3) is 0 Å². The molecule has 148 valence electrons. The first-order valence-electron chi connectivity index (χ1n) is 7.84. The van der Waals surface area contributed by atoms with Gasteiger partial charge in [0.15, 0.2) is 0 Å². The van der Waals surface area contributed by atoms with E-state index in [0.29, 0.717) is 21.2 Å². The molecule has 1 N–H and O–H groups in total.